The molecule has 25 heavy (non-hydrogen) atoms. The van der Waals surface area contributed by atoms with Crippen molar-refractivity contribution in [1.29, 1.82) is 0 Å². The quantitative estimate of drug-likeness (QED) is 0.881. The fourth-order valence-corrected chi connectivity index (χ4v) is 3.53. The zero-order chi connectivity index (χ0) is 16.5. The van der Waals surface area contributed by atoms with Crippen molar-refractivity contribution in [3.63, 3.8) is 0 Å². The van der Waals surface area contributed by atoms with Gasteiger partial charge in [0.1, 0.15) is 0 Å². The molecule has 1 atom stereocenters. The number of carbonyl (C=O) groups is 1. The average Bonchev–Trinajstić information content (AvgIpc) is 3.24. The van der Waals surface area contributed by atoms with Crippen molar-refractivity contribution in [3.05, 3.63) is 41.7 Å². The molecule has 3 heterocycles. The second kappa shape index (κ2) is 7.45. The highest BCUT2D eigenvalue weighted by Crippen LogP contribution is 2.29. The van der Waals surface area contributed by atoms with Crippen LogP contribution in [-0.4, -0.2) is 42.4 Å². The van der Waals surface area contributed by atoms with Gasteiger partial charge >= 0.3 is 0 Å². The summed E-state index contributed by atoms with van der Waals surface area (Å²) in [6, 6.07) is 8.25. The van der Waals surface area contributed by atoms with Crippen molar-refractivity contribution in [1.82, 2.24) is 15.1 Å². The Hall–Kier alpha value is -2.05. The molecule has 134 valence electrons. The van der Waals surface area contributed by atoms with Crippen LogP contribution in [0.3, 0.4) is 0 Å². The van der Waals surface area contributed by atoms with Gasteiger partial charge in [0, 0.05) is 37.7 Å². The molecule has 0 spiro atoms. The van der Waals surface area contributed by atoms with Crippen LogP contribution in [-0.2, 0) is 6.42 Å². The van der Waals surface area contributed by atoms with Gasteiger partial charge in [0.05, 0.1) is 6.04 Å². The van der Waals surface area contributed by atoms with Crippen LogP contribution >= 0.6 is 12.4 Å². The normalized spacial score (nSPS) is 19.2. The number of hydrogen-bond donors (Lipinski definition) is 2. The van der Waals surface area contributed by atoms with Gasteiger partial charge in [-0.15, -0.1) is 12.4 Å². The molecular weight excluding hydrogens is 338 g/mol. The van der Waals surface area contributed by atoms with E-state index >= 15 is 0 Å². The number of piperidine rings is 1. The summed E-state index contributed by atoms with van der Waals surface area (Å²) in [5.74, 6) is -0.155. The summed E-state index contributed by atoms with van der Waals surface area (Å²) in [5, 5.41) is 10.8. The molecule has 1 aromatic heterocycles. The van der Waals surface area contributed by atoms with E-state index in [4.69, 9.17) is 0 Å². The number of fused-ring (bicyclic) bond motifs is 1. The number of hydrogen-bond acceptors (Lipinski definition) is 4. The maximum absolute atomic E-state index is 12.5. The Morgan fingerprint density at radius 3 is 3.04 bits per heavy atom. The monoisotopic (exact) mass is 361 g/mol. The highest BCUT2D eigenvalue weighted by atomic mass is 35.5. The van der Waals surface area contributed by atoms with Gasteiger partial charge < -0.3 is 15.5 Å². The lowest BCUT2D eigenvalue weighted by Gasteiger charge is -2.22. The van der Waals surface area contributed by atoms with Gasteiger partial charge in [0.15, 0.2) is 5.69 Å². The second-order valence-corrected chi connectivity index (χ2v) is 6.65. The van der Waals surface area contributed by atoms with Gasteiger partial charge in [0.2, 0.25) is 0 Å². The van der Waals surface area contributed by atoms with Gasteiger partial charge in [-0.1, -0.05) is 6.07 Å². The predicted molar refractivity (Wildman–Crippen MR) is 102 cm³/mol. The van der Waals surface area contributed by atoms with Gasteiger partial charge in [0.25, 0.3) is 5.91 Å². The van der Waals surface area contributed by atoms with E-state index in [1.54, 1.807) is 6.07 Å². The molecule has 2 aliphatic heterocycles. The standard InChI is InChI=1S/C18H23N5O.ClH/c1-22-9-6-13-4-5-14(11-17(13)22)20-18(24)16-7-10-23(21-16)15-3-2-8-19-12-15;/h4-5,7,10-11,15,19H,2-3,6,8-9,12H2,1H3,(H,20,24);1H. The van der Waals surface area contributed by atoms with Gasteiger partial charge in [-0.25, -0.2) is 0 Å². The van der Waals surface area contributed by atoms with Crippen LogP contribution in [0.25, 0.3) is 0 Å². The van der Waals surface area contributed by atoms with E-state index < -0.39 is 0 Å². The summed E-state index contributed by atoms with van der Waals surface area (Å²) >= 11 is 0. The first-order chi connectivity index (χ1) is 11.7. The van der Waals surface area contributed by atoms with E-state index in [2.05, 4.69) is 33.7 Å². The minimum absolute atomic E-state index is 0. The first-order valence-electron chi connectivity index (χ1n) is 8.62. The van der Waals surface area contributed by atoms with E-state index in [-0.39, 0.29) is 18.3 Å². The minimum Gasteiger partial charge on any atom is -0.374 e. The molecule has 1 fully saturated rings. The lowest BCUT2D eigenvalue weighted by molar-refractivity contribution is 0.102. The molecule has 0 saturated carbocycles. The Bertz CT molecular complexity index is 754. The fourth-order valence-electron chi connectivity index (χ4n) is 3.53. The summed E-state index contributed by atoms with van der Waals surface area (Å²) in [7, 11) is 2.08. The first-order valence-corrected chi connectivity index (χ1v) is 8.62. The number of benzene rings is 1. The SMILES string of the molecule is CN1CCc2ccc(NC(=O)c3ccn(C4CCCNC4)n3)cc21.Cl. The summed E-state index contributed by atoms with van der Waals surface area (Å²) in [6.45, 7) is 3.02. The largest absolute Gasteiger partial charge is 0.374 e. The third-order valence-electron chi connectivity index (χ3n) is 4.96. The highest BCUT2D eigenvalue weighted by Gasteiger charge is 2.19. The van der Waals surface area contributed by atoms with Gasteiger partial charge in [-0.3, -0.25) is 9.48 Å². The molecule has 1 amide bonds. The van der Waals surface area contributed by atoms with E-state index in [0.29, 0.717) is 11.7 Å². The topological polar surface area (TPSA) is 62.2 Å². The van der Waals surface area contributed by atoms with Crippen molar-refractivity contribution in [2.75, 3.05) is 36.9 Å². The van der Waals surface area contributed by atoms with Crippen LogP contribution in [0.2, 0.25) is 0 Å². The maximum Gasteiger partial charge on any atom is 0.276 e. The van der Waals surface area contributed by atoms with Crippen LogP contribution in [0.1, 0.15) is 34.9 Å². The second-order valence-electron chi connectivity index (χ2n) is 6.65. The van der Waals surface area contributed by atoms with Crippen molar-refractivity contribution in [2.45, 2.75) is 25.3 Å². The molecule has 2 aromatic rings. The number of aromatic nitrogens is 2. The minimum atomic E-state index is -0.155. The van der Waals surface area contributed by atoms with E-state index in [1.807, 2.05) is 23.0 Å². The number of nitrogens with one attached hydrogen (secondary N) is 2. The van der Waals surface area contributed by atoms with Crippen molar-refractivity contribution < 1.29 is 4.79 Å². The molecule has 2 aliphatic rings. The molecular formula is C18H24ClN5O. The number of amides is 1. The number of halogens is 1. The summed E-state index contributed by atoms with van der Waals surface area (Å²) in [4.78, 5) is 14.7. The first kappa shape index (κ1) is 17.8. The molecule has 0 bridgehead atoms. The van der Waals surface area contributed by atoms with E-state index in [1.165, 1.54) is 11.3 Å². The molecule has 1 aromatic carbocycles. The molecule has 4 rings (SSSR count). The summed E-state index contributed by atoms with van der Waals surface area (Å²) in [5.41, 5.74) is 3.83. The van der Waals surface area contributed by atoms with Crippen LogP contribution in [0.15, 0.2) is 30.5 Å². The van der Waals surface area contributed by atoms with Crippen molar-refractivity contribution in [2.24, 2.45) is 0 Å². The number of carbonyl (C=O) groups excluding carboxylic acids is 1. The lowest BCUT2D eigenvalue weighted by Crippen LogP contribution is -2.32. The Balaban J connectivity index is 0.00000182. The molecule has 0 radical (unpaired) electrons. The molecule has 1 saturated heterocycles. The summed E-state index contributed by atoms with van der Waals surface area (Å²) in [6.07, 6.45) is 5.23. The Labute approximate surface area is 154 Å². The molecule has 7 heteroatoms. The zero-order valence-corrected chi connectivity index (χ0v) is 15.2. The average molecular weight is 362 g/mol. The van der Waals surface area contributed by atoms with Gasteiger partial charge in [-0.05, 0) is 49.6 Å². The third kappa shape index (κ3) is 3.65. The summed E-state index contributed by atoms with van der Waals surface area (Å²) < 4.78 is 1.91. The molecule has 6 nitrogen and oxygen atoms in total. The van der Waals surface area contributed by atoms with Gasteiger partial charge in [-0.2, -0.15) is 5.10 Å². The highest BCUT2D eigenvalue weighted by molar-refractivity contribution is 6.03. The smallest absolute Gasteiger partial charge is 0.276 e. The molecule has 2 N–H and O–H groups in total. The number of rotatable bonds is 3. The third-order valence-corrected chi connectivity index (χ3v) is 4.96. The predicted octanol–water partition coefficient (Wildman–Crippen LogP) is 2.47. The van der Waals surface area contributed by atoms with E-state index in [0.717, 1.165) is 44.6 Å². The van der Waals surface area contributed by atoms with Crippen molar-refractivity contribution in [3.8, 4) is 0 Å². The zero-order valence-electron chi connectivity index (χ0n) is 14.4. The molecule has 0 aliphatic carbocycles. The van der Waals surface area contributed by atoms with E-state index in [9.17, 15) is 4.79 Å². The number of nitrogens with zero attached hydrogens (tertiary/aromatic N) is 3. The Morgan fingerprint density at radius 2 is 2.24 bits per heavy atom. The number of likely N-dealkylation sites (N-methyl/N-ethyl adjacent to an activating group) is 1. The Kier molecular flexibility index (Phi) is 5.30. The lowest BCUT2D eigenvalue weighted by atomic mass is 10.1. The van der Waals surface area contributed by atoms with Crippen molar-refractivity contribution >= 4 is 29.7 Å². The van der Waals surface area contributed by atoms with Crippen LogP contribution in [0.4, 0.5) is 11.4 Å². The van der Waals surface area contributed by atoms with Crippen LogP contribution in [0.5, 0.6) is 0 Å². The molecule has 1 unspecified atom stereocenters. The number of anilines is 2. The maximum atomic E-state index is 12.5. The Morgan fingerprint density at radius 1 is 1.36 bits per heavy atom. The van der Waals surface area contributed by atoms with Crippen LogP contribution < -0.4 is 15.5 Å². The fraction of sp³-hybridized carbons (Fsp3) is 0.444. The van der Waals surface area contributed by atoms with Crippen LogP contribution in [0, 0.1) is 0 Å².